The van der Waals surface area contributed by atoms with E-state index in [0.717, 1.165) is 5.69 Å². The van der Waals surface area contributed by atoms with Gasteiger partial charge in [-0.05, 0) is 29.2 Å². The van der Waals surface area contributed by atoms with Crippen molar-refractivity contribution in [2.45, 2.75) is 19.3 Å². The summed E-state index contributed by atoms with van der Waals surface area (Å²) < 4.78 is 2.50. The van der Waals surface area contributed by atoms with Gasteiger partial charge in [-0.15, -0.1) is 0 Å². The van der Waals surface area contributed by atoms with Crippen molar-refractivity contribution in [3.63, 3.8) is 0 Å². The highest BCUT2D eigenvalue weighted by Gasteiger charge is 2.40. The lowest BCUT2D eigenvalue weighted by molar-refractivity contribution is 0.671. The van der Waals surface area contributed by atoms with E-state index in [2.05, 4.69) is 97.1 Å². The van der Waals surface area contributed by atoms with Crippen molar-refractivity contribution in [2.24, 2.45) is 0 Å². The number of aromatic nitrogens is 2. The van der Waals surface area contributed by atoms with Gasteiger partial charge in [0.15, 0.2) is 0 Å². The molecule has 0 spiro atoms. The summed E-state index contributed by atoms with van der Waals surface area (Å²) >= 11 is 0. The van der Waals surface area contributed by atoms with Crippen molar-refractivity contribution in [3.05, 3.63) is 95.9 Å². The average molecular weight is 384 g/mol. The molecule has 1 aliphatic rings. The molecule has 2 nitrogen and oxygen atoms in total. The number of nitrogens with zero attached hydrogens (tertiary/aromatic N) is 2. The summed E-state index contributed by atoms with van der Waals surface area (Å²) in [6.45, 7) is 4.69. The maximum atomic E-state index is 4.86. The first-order valence-electron chi connectivity index (χ1n) is 10.5. The third kappa shape index (κ3) is 1.78. The standard InChI is InChI=1S/C28H20N2/c1-28(2)23(25-18-9-4-3-8-17(18)14-15-29-25)16-22-21-12-7-11-20-19-10-5-6-13-24(19)30(26(20)21)27(22)28/h3-16H,1-2H3. The lowest BCUT2D eigenvalue weighted by Gasteiger charge is -2.25. The van der Waals surface area contributed by atoms with Gasteiger partial charge in [-0.25, -0.2) is 0 Å². The molecule has 0 fully saturated rings. The summed E-state index contributed by atoms with van der Waals surface area (Å²) in [5.41, 5.74) is 7.59. The first kappa shape index (κ1) is 16.2. The van der Waals surface area contributed by atoms with Gasteiger partial charge in [0.1, 0.15) is 0 Å². The van der Waals surface area contributed by atoms with Gasteiger partial charge < -0.3 is 4.40 Å². The lowest BCUT2D eigenvalue weighted by atomic mass is 9.82. The molecule has 3 aromatic carbocycles. The second-order valence-corrected chi connectivity index (χ2v) is 8.88. The molecule has 6 aromatic rings. The van der Waals surface area contributed by atoms with Gasteiger partial charge in [-0.1, -0.05) is 74.5 Å². The molecule has 0 bridgehead atoms. The Bertz CT molecular complexity index is 1660. The SMILES string of the molecule is CC1(C)C(c2nccc3ccccc23)=Cc2c1n1c3ccccc3c3cccc2c31. The molecular weight excluding hydrogens is 364 g/mol. The quantitative estimate of drug-likeness (QED) is 0.296. The summed E-state index contributed by atoms with van der Waals surface area (Å²) in [5.74, 6) is 0. The third-order valence-corrected chi connectivity index (χ3v) is 6.95. The molecule has 1 aliphatic carbocycles. The van der Waals surface area contributed by atoms with Gasteiger partial charge in [0.05, 0.1) is 16.7 Å². The first-order valence-corrected chi connectivity index (χ1v) is 10.5. The van der Waals surface area contributed by atoms with Gasteiger partial charge >= 0.3 is 0 Å². The predicted molar refractivity (Wildman–Crippen MR) is 126 cm³/mol. The van der Waals surface area contributed by atoms with Crippen molar-refractivity contribution in [1.29, 1.82) is 0 Å². The fraction of sp³-hybridized carbons (Fsp3) is 0.107. The number of fused-ring (bicyclic) bond motifs is 7. The van der Waals surface area contributed by atoms with Crippen LogP contribution >= 0.6 is 0 Å². The maximum absolute atomic E-state index is 4.86. The van der Waals surface area contributed by atoms with Crippen LogP contribution in [0, 0.1) is 0 Å². The van der Waals surface area contributed by atoms with Crippen LogP contribution in [0.3, 0.4) is 0 Å². The molecule has 0 saturated carbocycles. The Kier molecular flexibility index (Phi) is 2.85. The minimum atomic E-state index is -0.153. The molecule has 142 valence electrons. The van der Waals surface area contributed by atoms with Crippen LogP contribution in [0.4, 0.5) is 0 Å². The Hall–Kier alpha value is -3.65. The van der Waals surface area contributed by atoms with E-state index in [9.17, 15) is 0 Å². The van der Waals surface area contributed by atoms with Crippen LogP contribution in [0.15, 0.2) is 79.0 Å². The van der Waals surface area contributed by atoms with E-state index in [4.69, 9.17) is 4.98 Å². The predicted octanol–water partition coefficient (Wildman–Crippen LogP) is 7.06. The van der Waals surface area contributed by atoms with Crippen LogP contribution in [0.2, 0.25) is 0 Å². The van der Waals surface area contributed by atoms with Gasteiger partial charge in [0.25, 0.3) is 0 Å². The van der Waals surface area contributed by atoms with Crippen molar-refractivity contribution in [1.82, 2.24) is 9.38 Å². The monoisotopic (exact) mass is 384 g/mol. The molecule has 0 atom stereocenters. The lowest BCUT2D eigenvalue weighted by Crippen LogP contribution is -2.19. The van der Waals surface area contributed by atoms with E-state index >= 15 is 0 Å². The zero-order valence-corrected chi connectivity index (χ0v) is 17.0. The minimum absolute atomic E-state index is 0.153. The maximum Gasteiger partial charge on any atom is 0.0749 e. The van der Waals surface area contributed by atoms with Crippen molar-refractivity contribution in [3.8, 4) is 0 Å². The van der Waals surface area contributed by atoms with Crippen LogP contribution < -0.4 is 0 Å². The third-order valence-electron chi connectivity index (χ3n) is 6.95. The largest absolute Gasteiger partial charge is 0.311 e. The highest BCUT2D eigenvalue weighted by Crippen LogP contribution is 2.52. The van der Waals surface area contributed by atoms with Gasteiger partial charge in [0.2, 0.25) is 0 Å². The highest BCUT2D eigenvalue weighted by atomic mass is 14.9. The number of rotatable bonds is 1. The van der Waals surface area contributed by atoms with Crippen molar-refractivity contribution >= 4 is 49.6 Å². The molecule has 0 amide bonds. The second-order valence-electron chi connectivity index (χ2n) is 8.88. The number of hydrogen-bond acceptors (Lipinski definition) is 1. The van der Waals surface area contributed by atoms with E-state index in [1.165, 1.54) is 54.8 Å². The van der Waals surface area contributed by atoms with Crippen LogP contribution in [0.5, 0.6) is 0 Å². The molecule has 0 aliphatic heterocycles. The fourth-order valence-electron chi connectivity index (χ4n) is 5.63. The molecule has 30 heavy (non-hydrogen) atoms. The molecular formula is C28H20N2. The number of allylic oxidation sites excluding steroid dienone is 1. The van der Waals surface area contributed by atoms with Crippen LogP contribution in [0.25, 0.3) is 49.6 Å². The molecule has 3 heterocycles. The van der Waals surface area contributed by atoms with E-state index < -0.39 is 0 Å². The van der Waals surface area contributed by atoms with Crippen LogP contribution in [0.1, 0.15) is 30.8 Å². The molecule has 2 heteroatoms. The Morgan fingerprint density at radius 1 is 0.733 bits per heavy atom. The topological polar surface area (TPSA) is 17.3 Å². The Morgan fingerprint density at radius 2 is 1.47 bits per heavy atom. The van der Waals surface area contributed by atoms with Gasteiger partial charge in [-0.3, -0.25) is 4.98 Å². The Morgan fingerprint density at radius 3 is 2.37 bits per heavy atom. The highest BCUT2D eigenvalue weighted by molar-refractivity contribution is 6.19. The Balaban J connectivity index is 1.62. The van der Waals surface area contributed by atoms with Gasteiger partial charge in [-0.2, -0.15) is 0 Å². The average Bonchev–Trinajstić information content (AvgIpc) is 3.37. The van der Waals surface area contributed by atoms with E-state index in [0.29, 0.717) is 0 Å². The fourth-order valence-corrected chi connectivity index (χ4v) is 5.63. The minimum Gasteiger partial charge on any atom is -0.311 e. The zero-order valence-electron chi connectivity index (χ0n) is 17.0. The molecule has 0 radical (unpaired) electrons. The summed E-state index contributed by atoms with van der Waals surface area (Å²) in [5, 5.41) is 6.46. The number of benzene rings is 3. The Labute approximate surface area is 174 Å². The first-order chi connectivity index (χ1) is 14.7. The molecule has 0 saturated heterocycles. The smallest absolute Gasteiger partial charge is 0.0749 e. The zero-order chi connectivity index (χ0) is 20.0. The van der Waals surface area contributed by atoms with Gasteiger partial charge in [0, 0.05) is 44.4 Å². The number of pyridine rings is 1. The molecule has 0 unspecified atom stereocenters. The van der Waals surface area contributed by atoms with Crippen molar-refractivity contribution in [2.75, 3.05) is 0 Å². The molecule has 0 N–H and O–H groups in total. The van der Waals surface area contributed by atoms with E-state index in [1.807, 2.05) is 6.20 Å². The molecule has 7 rings (SSSR count). The number of para-hydroxylation sites is 2. The van der Waals surface area contributed by atoms with Crippen molar-refractivity contribution < 1.29 is 0 Å². The number of hydrogen-bond donors (Lipinski definition) is 0. The summed E-state index contributed by atoms with van der Waals surface area (Å²) in [7, 11) is 0. The summed E-state index contributed by atoms with van der Waals surface area (Å²) in [4.78, 5) is 4.86. The summed E-state index contributed by atoms with van der Waals surface area (Å²) in [6, 6.07) is 26.1. The van der Waals surface area contributed by atoms with Crippen LogP contribution in [-0.4, -0.2) is 9.38 Å². The molecule has 3 aromatic heterocycles. The second kappa shape index (κ2) is 5.28. The summed E-state index contributed by atoms with van der Waals surface area (Å²) in [6.07, 6.45) is 4.33. The van der Waals surface area contributed by atoms with E-state index in [-0.39, 0.29) is 5.41 Å². The normalized spacial score (nSPS) is 15.5. The van der Waals surface area contributed by atoms with Crippen LogP contribution in [-0.2, 0) is 5.41 Å². The van der Waals surface area contributed by atoms with E-state index in [1.54, 1.807) is 0 Å².